The molecule has 90 valence electrons. The number of aryl methyl sites for hydroxylation is 2. The minimum absolute atomic E-state index is 0.923. The highest BCUT2D eigenvalue weighted by atomic mass is 15.1. The molecule has 0 aliphatic carbocycles. The van der Waals surface area contributed by atoms with Crippen LogP contribution in [0.2, 0.25) is 0 Å². The molecule has 0 saturated heterocycles. The lowest BCUT2D eigenvalue weighted by Gasteiger charge is -2.10. The topological polar surface area (TPSA) is 28.2 Å². The maximum atomic E-state index is 4.45. The van der Waals surface area contributed by atoms with Crippen LogP contribution in [0.25, 0.3) is 0 Å². The third-order valence-corrected chi connectivity index (χ3v) is 2.61. The summed E-state index contributed by atoms with van der Waals surface area (Å²) in [6.07, 6.45) is 1.19. The Hall–Kier alpha value is -0.930. The highest BCUT2D eigenvalue weighted by Gasteiger charge is 1.99. The second kappa shape index (κ2) is 6.61. The van der Waals surface area contributed by atoms with Crippen molar-refractivity contribution in [1.29, 1.82) is 0 Å². The smallest absolute Gasteiger partial charge is 0.0420 e. The third kappa shape index (κ3) is 4.73. The first-order chi connectivity index (χ1) is 7.59. The molecule has 0 aromatic carbocycles. The van der Waals surface area contributed by atoms with E-state index in [-0.39, 0.29) is 0 Å². The number of hydrogen-bond donors (Lipinski definition) is 1. The molecule has 0 amide bonds. The number of nitrogens with zero attached hydrogens (tertiary/aromatic N) is 2. The molecule has 3 nitrogen and oxygen atoms in total. The van der Waals surface area contributed by atoms with Gasteiger partial charge in [-0.1, -0.05) is 6.07 Å². The van der Waals surface area contributed by atoms with Crippen LogP contribution in [-0.2, 0) is 6.54 Å². The molecule has 0 fully saturated rings. The summed E-state index contributed by atoms with van der Waals surface area (Å²) in [6.45, 7) is 7.22. The Labute approximate surface area is 98.9 Å². The van der Waals surface area contributed by atoms with Crippen LogP contribution in [0, 0.1) is 13.8 Å². The van der Waals surface area contributed by atoms with Gasteiger partial charge in [-0.15, -0.1) is 0 Å². The van der Waals surface area contributed by atoms with Crippen molar-refractivity contribution < 1.29 is 0 Å². The maximum Gasteiger partial charge on any atom is 0.0420 e. The molecule has 16 heavy (non-hydrogen) atoms. The quantitative estimate of drug-likeness (QED) is 0.742. The molecule has 1 N–H and O–H groups in total. The van der Waals surface area contributed by atoms with E-state index in [1.807, 2.05) is 6.92 Å². The van der Waals surface area contributed by atoms with Crippen LogP contribution in [0.5, 0.6) is 0 Å². The summed E-state index contributed by atoms with van der Waals surface area (Å²) in [7, 11) is 4.21. The monoisotopic (exact) mass is 221 g/mol. The molecular weight excluding hydrogens is 198 g/mol. The van der Waals surface area contributed by atoms with Crippen molar-refractivity contribution in [3.8, 4) is 0 Å². The molecule has 0 aliphatic rings. The highest BCUT2D eigenvalue weighted by molar-refractivity contribution is 5.21. The molecule has 0 aliphatic heterocycles. The van der Waals surface area contributed by atoms with Crippen LogP contribution in [0.15, 0.2) is 12.1 Å². The fourth-order valence-corrected chi connectivity index (χ4v) is 1.65. The zero-order valence-electron chi connectivity index (χ0n) is 10.9. The molecule has 0 radical (unpaired) electrons. The summed E-state index contributed by atoms with van der Waals surface area (Å²) in [4.78, 5) is 6.66. The number of pyridine rings is 1. The van der Waals surface area contributed by atoms with E-state index in [2.05, 4.69) is 48.4 Å². The van der Waals surface area contributed by atoms with E-state index < -0.39 is 0 Å². The third-order valence-electron chi connectivity index (χ3n) is 2.61. The van der Waals surface area contributed by atoms with Crippen molar-refractivity contribution >= 4 is 0 Å². The number of hydrogen-bond acceptors (Lipinski definition) is 3. The normalized spacial score (nSPS) is 11.1. The fourth-order valence-electron chi connectivity index (χ4n) is 1.65. The Kier molecular flexibility index (Phi) is 5.43. The lowest BCUT2D eigenvalue weighted by Crippen LogP contribution is -2.21. The van der Waals surface area contributed by atoms with Crippen molar-refractivity contribution in [3.63, 3.8) is 0 Å². The van der Waals surface area contributed by atoms with Crippen molar-refractivity contribution in [2.75, 3.05) is 27.2 Å². The van der Waals surface area contributed by atoms with Crippen LogP contribution >= 0.6 is 0 Å². The molecular formula is C13H23N3. The van der Waals surface area contributed by atoms with Crippen molar-refractivity contribution in [1.82, 2.24) is 15.2 Å². The summed E-state index contributed by atoms with van der Waals surface area (Å²) in [6, 6.07) is 4.24. The van der Waals surface area contributed by atoms with Gasteiger partial charge in [0, 0.05) is 17.9 Å². The highest BCUT2D eigenvalue weighted by Crippen LogP contribution is 2.05. The zero-order valence-corrected chi connectivity index (χ0v) is 10.9. The first kappa shape index (κ1) is 13.1. The van der Waals surface area contributed by atoms with Gasteiger partial charge in [-0.2, -0.15) is 0 Å². The van der Waals surface area contributed by atoms with Gasteiger partial charge in [-0.25, -0.2) is 0 Å². The molecule has 1 aromatic heterocycles. The van der Waals surface area contributed by atoms with Crippen LogP contribution in [0.4, 0.5) is 0 Å². The van der Waals surface area contributed by atoms with Crippen molar-refractivity contribution in [2.45, 2.75) is 26.8 Å². The van der Waals surface area contributed by atoms with E-state index in [1.54, 1.807) is 0 Å². The molecule has 0 bridgehead atoms. The number of rotatable bonds is 6. The van der Waals surface area contributed by atoms with Gasteiger partial charge in [0.15, 0.2) is 0 Å². The van der Waals surface area contributed by atoms with Gasteiger partial charge in [-0.05, 0) is 59.1 Å². The number of aromatic nitrogens is 1. The average molecular weight is 221 g/mol. The van der Waals surface area contributed by atoms with E-state index in [0.717, 1.165) is 31.0 Å². The summed E-state index contributed by atoms with van der Waals surface area (Å²) >= 11 is 0. The van der Waals surface area contributed by atoms with E-state index in [1.165, 1.54) is 12.0 Å². The van der Waals surface area contributed by atoms with Gasteiger partial charge in [0.05, 0.1) is 0 Å². The predicted molar refractivity (Wildman–Crippen MR) is 68.6 cm³/mol. The van der Waals surface area contributed by atoms with Gasteiger partial charge in [0.25, 0.3) is 0 Å². The molecule has 0 spiro atoms. The second-order valence-electron chi connectivity index (χ2n) is 4.53. The Balaban J connectivity index is 2.27. The maximum absolute atomic E-state index is 4.45. The minimum Gasteiger partial charge on any atom is -0.313 e. The van der Waals surface area contributed by atoms with Gasteiger partial charge in [0.2, 0.25) is 0 Å². The molecule has 0 saturated carbocycles. The predicted octanol–water partition coefficient (Wildman–Crippen LogP) is 1.74. The molecule has 1 rings (SSSR count). The van der Waals surface area contributed by atoms with Crippen LogP contribution in [-0.4, -0.2) is 37.1 Å². The first-order valence-electron chi connectivity index (χ1n) is 5.88. The minimum atomic E-state index is 0.923. The first-order valence-corrected chi connectivity index (χ1v) is 5.88. The van der Waals surface area contributed by atoms with E-state index in [4.69, 9.17) is 0 Å². The van der Waals surface area contributed by atoms with Crippen LogP contribution in [0.1, 0.15) is 23.4 Å². The standard InChI is InChI=1S/C13H23N3/c1-11-6-7-13(12(2)15-11)10-14-8-5-9-16(3)4/h6-7,14H,5,8-10H2,1-4H3. The summed E-state index contributed by atoms with van der Waals surface area (Å²) < 4.78 is 0. The lowest BCUT2D eigenvalue weighted by molar-refractivity contribution is 0.394. The molecule has 3 heteroatoms. The summed E-state index contributed by atoms with van der Waals surface area (Å²) in [5.74, 6) is 0. The molecule has 0 atom stereocenters. The van der Waals surface area contributed by atoms with Crippen molar-refractivity contribution in [2.24, 2.45) is 0 Å². The van der Waals surface area contributed by atoms with Crippen LogP contribution < -0.4 is 5.32 Å². The zero-order chi connectivity index (χ0) is 12.0. The van der Waals surface area contributed by atoms with E-state index in [0.29, 0.717) is 0 Å². The largest absolute Gasteiger partial charge is 0.313 e. The van der Waals surface area contributed by atoms with Gasteiger partial charge in [0.1, 0.15) is 0 Å². The fraction of sp³-hybridized carbons (Fsp3) is 0.615. The SMILES string of the molecule is Cc1ccc(CNCCCN(C)C)c(C)n1. The van der Waals surface area contributed by atoms with E-state index >= 15 is 0 Å². The Morgan fingerprint density at radius 3 is 2.62 bits per heavy atom. The second-order valence-corrected chi connectivity index (χ2v) is 4.53. The Bertz CT molecular complexity index is 321. The summed E-state index contributed by atoms with van der Waals surface area (Å²) in [5.41, 5.74) is 3.53. The van der Waals surface area contributed by atoms with E-state index in [9.17, 15) is 0 Å². The molecule has 1 heterocycles. The van der Waals surface area contributed by atoms with Gasteiger partial charge in [-0.3, -0.25) is 4.98 Å². The average Bonchev–Trinajstić information content (AvgIpc) is 2.20. The molecule has 1 aromatic rings. The Morgan fingerprint density at radius 1 is 1.25 bits per heavy atom. The lowest BCUT2D eigenvalue weighted by atomic mass is 10.2. The van der Waals surface area contributed by atoms with Gasteiger partial charge >= 0.3 is 0 Å². The summed E-state index contributed by atoms with van der Waals surface area (Å²) in [5, 5.41) is 3.45. The van der Waals surface area contributed by atoms with Gasteiger partial charge < -0.3 is 10.2 Å². The Morgan fingerprint density at radius 2 is 2.00 bits per heavy atom. The van der Waals surface area contributed by atoms with Crippen LogP contribution in [0.3, 0.4) is 0 Å². The van der Waals surface area contributed by atoms with Crippen molar-refractivity contribution in [3.05, 3.63) is 29.1 Å². The number of nitrogens with one attached hydrogen (secondary N) is 1. The molecule has 0 unspecified atom stereocenters.